The molecule has 38 heavy (non-hydrogen) atoms. The number of imidazole rings is 1. The van der Waals surface area contributed by atoms with Crippen LogP contribution >= 0.6 is 0 Å². The van der Waals surface area contributed by atoms with Crippen LogP contribution in [0, 0.1) is 0 Å². The number of nitrogens with one attached hydrogen (secondary N) is 3. The summed E-state index contributed by atoms with van der Waals surface area (Å²) in [5.74, 6) is 0.780. The van der Waals surface area contributed by atoms with E-state index in [2.05, 4.69) is 25.6 Å². The Hall–Kier alpha value is -4.29. The molecule has 0 spiro atoms. The molecular weight excluding hydrogens is 514 g/mol. The van der Waals surface area contributed by atoms with Crippen molar-refractivity contribution in [1.82, 2.24) is 15.3 Å². The minimum Gasteiger partial charge on any atom is -0.482 e. The fourth-order valence-corrected chi connectivity index (χ4v) is 3.65. The molecule has 200 valence electrons. The van der Waals surface area contributed by atoms with E-state index in [4.69, 9.17) is 4.74 Å². The Labute approximate surface area is 213 Å². The van der Waals surface area contributed by atoms with Gasteiger partial charge in [-0.05, 0) is 49.4 Å². The van der Waals surface area contributed by atoms with Crippen molar-refractivity contribution >= 4 is 23.1 Å². The van der Waals surface area contributed by atoms with Gasteiger partial charge in [-0.2, -0.15) is 26.3 Å². The molecular formula is C25H23F6N6O+. The van der Waals surface area contributed by atoms with E-state index >= 15 is 0 Å². The van der Waals surface area contributed by atoms with Crippen LogP contribution < -0.4 is 10.6 Å². The SMILES string of the molecule is C/C=C(\C=C(/NC)c1ncc(C(F)(F)F)[nH]1)OC1C=CC2=[N+](C)C(Nc3ccc(C(F)(F)F)cc3)=NC2=C1. The van der Waals surface area contributed by atoms with Crippen molar-refractivity contribution in [3.05, 3.63) is 89.4 Å². The predicted molar refractivity (Wildman–Crippen MR) is 130 cm³/mol. The molecule has 1 aliphatic heterocycles. The van der Waals surface area contributed by atoms with Crippen LogP contribution in [0.15, 0.2) is 77.3 Å². The van der Waals surface area contributed by atoms with E-state index in [1.165, 1.54) is 18.2 Å². The number of rotatable bonds is 6. The monoisotopic (exact) mass is 537 g/mol. The Morgan fingerprint density at radius 1 is 1.11 bits per heavy atom. The number of H-pyrrole nitrogens is 1. The topological polar surface area (TPSA) is 77.3 Å². The van der Waals surface area contributed by atoms with E-state index in [0.29, 0.717) is 29.3 Å². The number of anilines is 1. The van der Waals surface area contributed by atoms with Crippen LogP contribution in [-0.4, -0.2) is 46.4 Å². The van der Waals surface area contributed by atoms with Gasteiger partial charge in [0.2, 0.25) is 0 Å². The van der Waals surface area contributed by atoms with E-state index < -0.39 is 29.7 Å². The fraction of sp³-hybridized carbons (Fsp3) is 0.240. The summed E-state index contributed by atoms with van der Waals surface area (Å²) in [5.41, 5.74) is 0.347. The summed E-state index contributed by atoms with van der Waals surface area (Å²) in [4.78, 5) is 10.6. The highest BCUT2D eigenvalue weighted by molar-refractivity contribution is 6.13. The number of aliphatic imine (C=N–C) groups is 1. The maximum Gasteiger partial charge on any atom is 0.432 e. The van der Waals surface area contributed by atoms with Gasteiger partial charge >= 0.3 is 18.3 Å². The number of ether oxygens (including phenoxy) is 1. The van der Waals surface area contributed by atoms with Gasteiger partial charge in [0.1, 0.15) is 23.3 Å². The fourth-order valence-electron chi connectivity index (χ4n) is 3.65. The van der Waals surface area contributed by atoms with E-state index in [0.717, 1.165) is 17.8 Å². The van der Waals surface area contributed by atoms with Gasteiger partial charge in [0, 0.05) is 19.2 Å². The Morgan fingerprint density at radius 2 is 1.82 bits per heavy atom. The van der Waals surface area contributed by atoms with Crippen molar-refractivity contribution in [1.29, 1.82) is 0 Å². The number of allylic oxidation sites excluding steroid dienone is 3. The van der Waals surface area contributed by atoms with E-state index in [1.54, 1.807) is 49.9 Å². The summed E-state index contributed by atoms with van der Waals surface area (Å²) >= 11 is 0. The minimum atomic E-state index is -4.55. The molecule has 2 aromatic rings. The number of aromatic amines is 1. The van der Waals surface area contributed by atoms with Crippen molar-refractivity contribution in [3.8, 4) is 0 Å². The first-order chi connectivity index (χ1) is 17.9. The first-order valence-electron chi connectivity index (χ1n) is 11.3. The Bertz CT molecular complexity index is 1390. The second-order valence-corrected chi connectivity index (χ2v) is 8.22. The molecule has 1 aromatic carbocycles. The molecule has 4 rings (SSSR count). The summed E-state index contributed by atoms with van der Waals surface area (Å²) in [7, 11) is 3.31. The molecule has 1 atom stereocenters. The van der Waals surface area contributed by atoms with Crippen LogP contribution in [0.4, 0.5) is 32.0 Å². The normalized spacial score (nSPS) is 18.3. The number of halogens is 6. The second-order valence-electron chi connectivity index (χ2n) is 8.22. The molecule has 0 amide bonds. The summed E-state index contributed by atoms with van der Waals surface area (Å²) in [5, 5.41) is 5.82. The average Bonchev–Trinajstić information content (AvgIpc) is 3.47. The van der Waals surface area contributed by atoms with Gasteiger partial charge in [-0.1, -0.05) is 4.99 Å². The lowest BCUT2D eigenvalue weighted by Crippen LogP contribution is -2.25. The molecule has 13 heteroatoms. The van der Waals surface area contributed by atoms with Crippen LogP contribution in [0.3, 0.4) is 0 Å². The number of fused-ring (bicyclic) bond motifs is 1. The molecule has 0 saturated carbocycles. The maximum atomic E-state index is 12.9. The van der Waals surface area contributed by atoms with Crippen LogP contribution in [0.2, 0.25) is 0 Å². The van der Waals surface area contributed by atoms with Crippen molar-refractivity contribution < 1.29 is 35.7 Å². The third-order valence-corrected chi connectivity index (χ3v) is 5.65. The summed E-state index contributed by atoms with van der Waals surface area (Å²) in [6.07, 6.45) is -0.309. The van der Waals surface area contributed by atoms with E-state index in [9.17, 15) is 26.3 Å². The standard InChI is InChI=1S/C25H23F6N6O/c1-4-16(11-19(32-2)22-33-13-21(36-22)25(29,30)31)38-17-9-10-20-18(12-17)35-23(37(20)3)34-15-7-5-14(6-8-15)24(26,27)28/h4-13,17,32H,1-3H3,(H,33,36)(H,34,35)/q+1/b16-4+,19-11-. The lowest BCUT2D eigenvalue weighted by molar-refractivity contribution is -0.365. The molecule has 1 unspecified atom stereocenters. The van der Waals surface area contributed by atoms with Crippen molar-refractivity contribution in [3.63, 3.8) is 0 Å². The molecule has 1 aliphatic carbocycles. The molecule has 0 saturated heterocycles. The Kier molecular flexibility index (Phi) is 7.20. The number of alkyl halides is 6. The van der Waals surface area contributed by atoms with Gasteiger partial charge in [-0.15, -0.1) is 0 Å². The first kappa shape index (κ1) is 26.8. The van der Waals surface area contributed by atoms with Crippen LogP contribution in [0.5, 0.6) is 0 Å². The zero-order chi connectivity index (χ0) is 27.7. The molecule has 0 radical (unpaired) electrons. The average molecular weight is 537 g/mol. The predicted octanol–water partition coefficient (Wildman–Crippen LogP) is 5.32. The molecule has 2 aliphatic rings. The molecule has 0 bridgehead atoms. The van der Waals surface area contributed by atoms with Gasteiger partial charge in [0.25, 0.3) is 0 Å². The molecule has 2 heterocycles. The van der Waals surface area contributed by atoms with Gasteiger partial charge in [0.05, 0.1) is 30.2 Å². The van der Waals surface area contributed by atoms with Gasteiger partial charge in [-0.3, -0.25) is 0 Å². The zero-order valence-electron chi connectivity index (χ0n) is 20.4. The number of nitrogens with zero attached hydrogens (tertiary/aromatic N) is 3. The number of aromatic nitrogens is 2. The lowest BCUT2D eigenvalue weighted by Gasteiger charge is -2.16. The number of benzene rings is 1. The van der Waals surface area contributed by atoms with E-state index in [-0.39, 0.29) is 11.5 Å². The molecule has 1 aromatic heterocycles. The van der Waals surface area contributed by atoms with Gasteiger partial charge < -0.3 is 15.0 Å². The third-order valence-electron chi connectivity index (χ3n) is 5.65. The van der Waals surface area contributed by atoms with Gasteiger partial charge in [0.15, 0.2) is 11.5 Å². The highest BCUT2D eigenvalue weighted by Crippen LogP contribution is 2.30. The van der Waals surface area contributed by atoms with Crippen molar-refractivity contribution in [2.24, 2.45) is 4.99 Å². The molecule has 7 nitrogen and oxygen atoms in total. The highest BCUT2D eigenvalue weighted by atomic mass is 19.4. The van der Waals surface area contributed by atoms with Crippen LogP contribution in [0.25, 0.3) is 5.70 Å². The largest absolute Gasteiger partial charge is 0.482 e. The maximum absolute atomic E-state index is 12.9. The van der Waals surface area contributed by atoms with Crippen LogP contribution in [-0.2, 0) is 17.1 Å². The summed E-state index contributed by atoms with van der Waals surface area (Å²) in [6, 6.07) is 4.61. The lowest BCUT2D eigenvalue weighted by atomic mass is 10.1. The Morgan fingerprint density at radius 3 is 2.39 bits per heavy atom. The zero-order valence-corrected chi connectivity index (χ0v) is 20.4. The Balaban J connectivity index is 1.49. The smallest absolute Gasteiger partial charge is 0.432 e. The number of guanidine groups is 1. The molecule has 0 fully saturated rings. The van der Waals surface area contributed by atoms with Crippen molar-refractivity contribution in [2.75, 3.05) is 19.4 Å². The summed E-state index contributed by atoms with van der Waals surface area (Å²) < 4.78 is 85.0. The quantitative estimate of drug-likeness (QED) is 0.202. The van der Waals surface area contributed by atoms with Crippen molar-refractivity contribution in [2.45, 2.75) is 25.4 Å². The minimum absolute atomic E-state index is 0.00284. The third kappa shape index (κ3) is 5.82. The highest BCUT2D eigenvalue weighted by Gasteiger charge is 2.34. The van der Waals surface area contributed by atoms with Crippen LogP contribution in [0.1, 0.15) is 24.0 Å². The summed E-state index contributed by atoms with van der Waals surface area (Å²) in [6.45, 7) is 1.72. The van der Waals surface area contributed by atoms with E-state index in [1.807, 2.05) is 0 Å². The van der Waals surface area contributed by atoms with Gasteiger partial charge in [-0.25, -0.2) is 14.9 Å². The number of hydrogen-bond donors (Lipinski definition) is 3. The molecule has 3 N–H and O–H groups in total. The first-order valence-corrected chi connectivity index (χ1v) is 11.3. The number of hydrogen-bond acceptors (Lipinski definition) is 5. The second kappa shape index (κ2) is 10.2.